The Morgan fingerprint density at radius 3 is 2.62 bits per heavy atom. The molecule has 0 unspecified atom stereocenters. The molecule has 2 aromatic carbocycles. The van der Waals surface area contributed by atoms with Crippen LogP contribution in [0.3, 0.4) is 0 Å². The molecule has 0 bridgehead atoms. The lowest BCUT2D eigenvalue weighted by Gasteiger charge is -2.16. The molecule has 1 amide bonds. The molecule has 1 heterocycles. The monoisotopic (exact) mass is 453 g/mol. The van der Waals surface area contributed by atoms with Crippen LogP contribution < -0.4 is 5.32 Å². The molecular weight excluding hydrogens is 422 g/mol. The fourth-order valence-electron chi connectivity index (χ4n) is 3.33. The van der Waals surface area contributed by atoms with Crippen molar-refractivity contribution in [2.75, 3.05) is 32.4 Å². The van der Waals surface area contributed by atoms with Crippen LogP contribution in [0, 0.1) is 13.8 Å². The topological polar surface area (TPSA) is 75.4 Å². The van der Waals surface area contributed by atoms with Gasteiger partial charge in [-0.1, -0.05) is 48.0 Å². The Bertz CT molecular complexity index is 1050. The van der Waals surface area contributed by atoms with Gasteiger partial charge in [0.2, 0.25) is 11.8 Å². The van der Waals surface area contributed by atoms with Gasteiger partial charge in [-0.05, 0) is 45.0 Å². The molecule has 0 saturated heterocycles. The third-order valence-corrected chi connectivity index (χ3v) is 6.37. The van der Waals surface area contributed by atoms with E-state index in [1.165, 1.54) is 5.56 Å². The van der Waals surface area contributed by atoms with Gasteiger partial charge in [0.05, 0.1) is 11.4 Å². The van der Waals surface area contributed by atoms with E-state index < -0.39 is 10.8 Å². The maximum absolute atomic E-state index is 12.5. The van der Waals surface area contributed by atoms with Crippen LogP contribution in [0.4, 0.5) is 0 Å². The average molecular weight is 454 g/mol. The first kappa shape index (κ1) is 23.9. The summed E-state index contributed by atoms with van der Waals surface area (Å²) in [5.41, 5.74) is 3.94. The minimum Gasteiger partial charge on any atom is -0.441 e. The van der Waals surface area contributed by atoms with Gasteiger partial charge < -0.3 is 14.6 Å². The lowest BCUT2D eigenvalue weighted by molar-refractivity contribution is -0.118. The molecule has 1 N–H and O–H groups in total. The number of nitrogens with zero attached hydrogens (tertiary/aromatic N) is 2. The predicted molar refractivity (Wildman–Crippen MR) is 129 cm³/mol. The quantitative estimate of drug-likeness (QED) is 0.481. The third kappa shape index (κ3) is 7.43. The highest BCUT2D eigenvalue weighted by Crippen LogP contribution is 2.23. The van der Waals surface area contributed by atoms with Crippen molar-refractivity contribution in [1.82, 2.24) is 15.2 Å². The third-order valence-electron chi connectivity index (χ3n) is 5.19. The lowest BCUT2D eigenvalue weighted by atomic mass is 10.1. The fourth-order valence-corrected chi connectivity index (χ4v) is 4.40. The van der Waals surface area contributed by atoms with Crippen molar-refractivity contribution in [3.8, 4) is 11.5 Å². The molecule has 0 spiro atoms. The number of amides is 1. The molecule has 1 aromatic heterocycles. The molecule has 0 aliphatic heterocycles. The summed E-state index contributed by atoms with van der Waals surface area (Å²) in [7, 11) is 0.685. The van der Waals surface area contributed by atoms with Gasteiger partial charge in [-0.25, -0.2) is 4.98 Å². The average Bonchev–Trinajstić information content (AvgIpc) is 3.13. The second-order valence-electron chi connectivity index (χ2n) is 8.01. The molecule has 0 saturated carbocycles. The molecule has 170 valence electrons. The maximum atomic E-state index is 12.5. The van der Waals surface area contributed by atoms with E-state index in [4.69, 9.17) is 4.42 Å². The fraction of sp³-hybridized carbons (Fsp3) is 0.360. The Morgan fingerprint density at radius 1 is 1.09 bits per heavy atom. The Balaban J connectivity index is 1.40. The van der Waals surface area contributed by atoms with E-state index in [0.717, 1.165) is 30.6 Å². The number of aryl methyl sites for hydroxylation is 2. The van der Waals surface area contributed by atoms with Crippen LogP contribution in [0.15, 0.2) is 59.0 Å². The largest absolute Gasteiger partial charge is 0.441 e. The SMILES string of the molecule is Cc1cccc(-c2nc(C[S@](=O)CC(=O)NCCN(C)CCc3ccccc3)c(C)o2)c1. The minimum atomic E-state index is -1.35. The molecule has 1 atom stereocenters. The first-order chi connectivity index (χ1) is 15.4. The Hall–Kier alpha value is -2.77. The lowest BCUT2D eigenvalue weighted by Crippen LogP contribution is -2.36. The van der Waals surface area contributed by atoms with Crippen molar-refractivity contribution < 1.29 is 13.4 Å². The number of nitrogens with one attached hydrogen (secondary N) is 1. The van der Waals surface area contributed by atoms with Crippen molar-refractivity contribution in [1.29, 1.82) is 0 Å². The van der Waals surface area contributed by atoms with E-state index in [1.807, 2.05) is 63.4 Å². The van der Waals surface area contributed by atoms with E-state index in [2.05, 4.69) is 27.3 Å². The Morgan fingerprint density at radius 2 is 1.88 bits per heavy atom. The predicted octanol–water partition coefficient (Wildman–Crippen LogP) is 3.50. The standard InChI is InChI=1S/C25H31N3O3S/c1-19-8-7-11-22(16-19)25-27-23(20(2)31-25)17-32(30)18-24(29)26-13-15-28(3)14-12-21-9-5-4-6-10-21/h4-11,16H,12-15,17-18H2,1-3H3,(H,26,29)/t32-/m0/s1. The highest BCUT2D eigenvalue weighted by molar-refractivity contribution is 7.84. The smallest absolute Gasteiger partial charge is 0.232 e. The van der Waals surface area contributed by atoms with E-state index in [-0.39, 0.29) is 17.4 Å². The molecule has 3 rings (SSSR count). The van der Waals surface area contributed by atoms with E-state index in [9.17, 15) is 9.00 Å². The van der Waals surface area contributed by atoms with E-state index >= 15 is 0 Å². The summed E-state index contributed by atoms with van der Waals surface area (Å²) in [6.07, 6.45) is 0.969. The summed E-state index contributed by atoms with van der Waals surface area (Å²) in [6, 6.07) is 18.2. The molecule has 32 heavy (non-hydrogen) atoms. The molecular formula is C25H31N3O3S. The number of oxazole rings is 1. The van der Waals surface area contributed by atoms with Crippen molar-refractivity contribution in [2.45, 2.75) is 26.0 Å². The van der Waals surface area contributed by atoms with Gasteiger partial charge >= 0.3 is 0 Å². The summed E-state index contributed by atoms with van der Waals surface area (Å²) in [4.78, 5) is 18.9. The van der Waals surface area contributed by atoms with E-state index in [1.54, 1.807) is 0 Å². The van der Waals surface area contributed by atoms with Gasteiger partial charge in [0, 0.05) is 36.0 Å². The summed E-state index contributed by atoms with van der Waals surface area (Å²) in [5.74, 6) is 1.10. The summed E-state index contributed by atoms with van der Waals surface area (Å²) < 4.78 is 18.2. The number of carbonyl (C=O) groups excluding carboxylic acids is 1. The molecule has 0 fully saturated rings. The second-order valence-corrected chi connectivity index (χ2v) is 9.47. The Kier molecular flexibility index (Phi) is 8.76. The van der Waals surface area contributed by atoms with Crippen molar-refractivity contribution in [3.63, 3.8) is 0 Å². The number of carbonyl (C=O) groups is 1. The van der Waals surface area contributed by atoms with Crippen LogP contribution in [-0.4, -0.2) is 52.4 Å². The number of hydrogen-bond donors (Lipinski definition) is 1. The molecule has 6 nitrogen and oxygen atoms in total. The number of aromatic nitrogens is 1. The number of benzene rings is 2. The summed E-state index contributed by atoms with van der Waals surface area (Å²) in [5, 5.41) is 2.86. The van der Waals surface area contributed by atoms with Crippen molar-refractivity contribution >= 4 is 16.7 Å². The molecule has 0 aliphatic rings. The van der Waals surface area contributed by atoms with Gasteiger partial charge in [0.1, 0.15) is 11.5 Å². The number of rotatable bonds is 11. The van der Waals surface area contributed by atoms with Crippen LogP contribution in [0.25, 0.3) is 11.5 Å². The molecule has 7 heteroatoms. The molecule has 0 radical (unpaired) electrons. The zero-order valence-corrected chi connectivity index (χ0v) is 19.8. The molecule has 0 aliphatic carbocycles. The zero-order chi connectivity index (χ0) is 22.9. The summed E-state index contributed by atoms with van der Waals surface area (Å²) >= 11 is 0. The van der Waals surface area contributed by atoms with Crippen molar-refractivity contribution in [3.05, 3.63) is 77.2 Å². The Labute approximate surface area is 192 Å². The molecule has 3 aromatic rings. The summed E-state index contributed by atoms with van der Waals surface area (Å²) in [6.45, 7) is 6.01. The highest BCUT2D eigenvalue weighted by atomic mass is 32.2. The number of hydrogen-bond acceptors (Lipinski definition) is 5. The van der Waals surface area contributed by atoms with Gasteiger partial charge in [-0.15, -0.1) is 0 Å². The van der Waals surface area contributed by atoms with Gasteiger partial charge in [-0.2, -0.15) is 0 Å². The maximum Gasteiger partial charge on any atom is 0.232 e. The zero-order valence-electron chi connectivity index (χ0n) is 19.0. The highest BCUT2D eigenvalue weighted by Gasteiger charge is 2.16. The van der Waals surface area contributed by atoms with E-state index in [0.29, 0.717) is 23.9 Å². The van der Waals surface area contributed by atoms with Crippen LogP contribution in [0.1, 0.15) is 22.6 Å². The number of likely N-dealkylation sites (N-methyl/N-ethyl adjacent to an activating group) is 1. The van der Waals surface area contributed by atoms with Crippen LogP contribution >= 0.6 is 0 Å². The van der Waals surface area contributed by atoms with Crippen molar-refractivity contribution in [2.24, 2.45) is 0 Å². The van der Waals surface area contributed by atoms with Crippen LogP contribution in [0.5, 0.6) is 0 Å². The first-order valence-corrected chi connectivity index (χ1v) is 12.3. The second kappa shape index (κ2) is 11.7. The van der Waals surface area contributed by atoms with Gasteiger partial charge in [-0.3, -0.25) is 9.00 Å². The van der Waals surface area contributed by atoms with Crippen LogP contribution in [0.2, 0.25) is 0 Å². The first-order valence-electron chi connectivity index (χ1n) is 10.8. The van der Waals surface area contributed by atoms with Gasteiger partial charge in [0.25, 0.3) is 0 Å². The van der Waals surface area contributed by atoms with Gasteiger partial charge in [0.15, 0.2) is 0 Å². The van der Waals surface area contributed by atoms with Crippen LogP contribution in [-0.2, 0) is 27.8 Å². The normalized spacial score (nSPS) is 12.1. The minimum absolute atomic E-state index is 0.0419.